The Bertz CT molecular complexity index is 451. The van der Waals surface area contributed by atoms with Crippen molar-refractivity contribution in [3.05, 3.63) is 22.4 Å². The van der Waals surface area contributed by atoms with Crippen molar-refractivity contribution in [2.75, 3.05) is 0 Å². The zero-order valence-corrected chi connectivity index (χ0v) is 9.57. The van der Waals surface area contributed by atoms with Crippen LogP contribution in [0.15, 0.2) is 21.8 Å². The van der Waals surface area contributed by atoms with Crippen LogP contribution in [-0.4, -0.2) is 13.4 Å². The molecule has 0 aliphatic heterocycles. The molecule has 0 unspecified atom stereocenters. The van der Waals surface area contributed by atoms with Crippen molar-refractivity contribution < 1.29 is 17.2 Å². The number of aromatic nitrogens is 1. The summed E-state index contributed by atoms with van der Waals surface area (Å²) in [5.74, 6) is 0. The Balaban J connectivity index is 3.43. The molecular weight excluding hydrogens is 303 g/mol. The summed E-state index contributed by atoms with van der Waals surface area (Å²) in [7, 11) is 0.938. The van der Waals surface area contributed by atoms with Gasteiger partial charge in [0.05, 0.1) is 5.56 Å². The molecule has 0 atom stereocenters. The van der Waals surface area contributed by atoms with Gasteiger partial charge in [0, 0.05) is 27.5 Å². The molecule has 0 radical (unpaired) electrons. The average molecular weight is 307 g/mol. The lowest BCUT2D eigenvalue weighted by Crippen LogP contribution is -1.98. The Morgan fingerprint density at radius 2 is 2.00 bits per heavy atom. The zero-order valence-electron chi connectivity index (χ0n) is 6.42. The van der Waals surface area contributed by atoms with Gasteiger partial charge in [-0.05, 0) is 15.9 Å². The van der Waals surface area contributed by atoms with Crippen molar-refractivity contribution in [2.24, 2.45) is 0 Å². The van der Waals surface area contributed by atoms with E-state index in [1.165, 1.54) is 0 Å². The fourth-order valence-corrected chi connectivity index (χ4v) is 2.93. The highest BCUT2D eigenvalue weighted by Crippen LogP contribution is 2.32. The van der Waals surface area contributed by atoms with Gasteiger partial charge in [-0.15, -0.1) is 0 Å². The lowest BCUT2D eigenvalue weighted by molar-refractivity contribution is 0.149. The predicted octanol–water partition coefficient (Wildman–Crippen LogP) is 2.71. The lowest BCUT2D eigenvalue weighted by atomic mass is 10.3. The summed E-state index contributed by atoms with van der Waals surface area (Å²) in [4.78, 5) is 2.90. The minimum absolute atomic E-state index is 0.252. The van der Waals surface area contributed by atoms with Crippen LogP contribution in [-0.2, 0) is 9.05 Å². The largest absolute Gasteiger partial charge is 0.266 e. The Morgan fingerprint density at radius 3 is 2.43 bits per heavy atom. The van der Waals surface area contributed by atoms with Crippen molar-refractivity contribution >= 4 is 35.7 Å². The monoisotopic (exact) mass is 305 g/mol. The number of halogens is 4. The van der Waals surface area contributed by atoms with Crippen LogP contribution >= 0.6 is 26.6 Å². The molecule has 78 valence electrons. The summed E-state index contributed by atoms with van der Waals surface area (Å²) >= 11 is 2.73. The minimum Gasteiger partial charge on any atom is -0.263 e. The van der Waals surface area contributed by atoms with Gasteiger partial charge in [-0.2, -0.15) is 0 Å². The average Bonchev–Trinajstić information content (AvgIpc) is 2.01. The number of nitrogens with zero attached hydrogens (tertiary/aromatic N) is 1. The van der Waals surface area contributed by atoms with E-state index in [-0.39, 0.29) is 4.47 Å². The fourth-order valence-electron chi connectivity index (χ4n) is 0.763. The van der Waals surface area contributed by atoms with Crippen molar-refractivity contribution in [3.63, 3.8) is 0 Å². The highest BCUT2D eigenvalue weighted by molar-refractivity contribution is 9.10. The molecule has 0 spiro atoms. The van der Waals surface area contributed by atoms with Crippen molar-refractivity contribution in [1.29, 1.82) is 0 Å². The highest BCUT2D eigenvalue weighted by Gasteiger charge is 2.21. The molecule has 0 saturated heterocycles. The maximum atomic E-state index is 12.3. The molecule has 0 N–H and O–H groups in total. The summed E-state index contributed by atoms with van der Waals surface area (Å²) in [6.07, 6.45) is -1.03. The molecule has 0 saturated carbocycles. The second-order valence-corrected chi connectivity index (χ2v) is 5.61. The quantitative estimate of drug-likeness (QED) is 0.789. The van der Waals surface area contributed by atoms with E-state index in [1.54, 1.807) is 0 Å². The second kappa shape index (κ2) is 4.08. The second-order valence-electron chi connectivity index (χ2n) is 2.28. The van der Waals surface area contributed by atoms with Crippen molar-refractivity contribution in [2.45, 2.75) is 11.3 Å². The normalized spacial score (nSPS) is 12.1. The number of pyridine rings is 1. The van der Waals surface area contributed by atoms with Crippen LogP contribution in [0.1, 0.15) is 12.0 Å². The Labute approximate surface area is 91.6 Å². The zero-order chi connectivity index (χ0) is 10.9. The summed E-state index contributed by atoms with van der Waals surface area (Å²) in [5, 5.41) is 0. The Kier molecular flexibility index (Phi) is 3.44. The molecule has 3 nitrogen and oxygen atoms in total. The van der Waals surface area contributed by atoms with E-state index in [0.717, 1.165) is 12.4 Å². The van der Waals surface area contributed by atoms with Gasteiger partial charge in [0.15, 0.2) is 0 Å². The van der Waals surface area contributed by atoms with Gasteiger partial charge in [0.2, 0.25) is 0 Å². The molecule has 0 fully saturated rings. The molecule has 14 heavy (non-hydrogen) atoms. The first kappa shape index (κ1) is 11.8. The standard InChI is InChI=1S/C6H3BrClF2NO2S/c7-5-3(6(9)10)1-11-2-4(5)14(8,12)13/h1-2,6H. The van der Waals surface area contributed by atoms with E-state index >= 15 is 0 Å². The summed E-state index contributed by atoms with van der Waals surface area (Å²) < 4.78 is 46.1. The van der Waals surface area contributed by atoms with Crippen LogP contribution < -0.4 is 0 Å². The van der Waals surface area contributed by atoms with Gasteiger partial charge in [-0.1, -0.05) is 0 Å². The van der Waals surface area contributed by atoms with Crippen LogP contribution in [0, 0.1) is 0 Å². The molecule has 1 aromatic rings. The first-order valence-electron chi connectivity index (χ1n) is 3.20. The smallest absolute Gasteiger partial charge is 0.263 e. The summed E-state index contributed by atoms with van der Waals surface area (Å²) in [5.41, 5.74) is -0.508. The highest BCUT2D eigenvalue weighted by atomic mass is 79.9. The molecule has 8 heteroatoms. The SMILES string of the molecule is O=S(=O)(Cl)c1cncc(C(F)F)c1Br. The molecule has 1 heterocycles. The van der Waals surface area contributed by atoms with Crippen molar-refractivity contribution in [3.8, 4) is 0 Å². The van der Waals surface area contributed by atoms with Gasteiger partial charge >= 0.3 is 0 Å². The van der Waals surface area contributed by atoms with Crippen molar-refractivity contribution in [1.82, 2.24) is 4.98 Å². The predicted molar refractivity (Wildman–Crippen MR) is 49.9 cm³/mol. The maximum Gasteiger partial charge on any atom is 0.266 e. The molecule has 0 aliphatic carbocycles. The minimum atomic E-state index is -4.06. The van der Waals surface area contributed by atoms with Crippen LogP contribution in [0.5, 0.6) is 0 Å². The summed E-state index contributed by atoms with van der Waals surface area (Å²) in [6, 6.07) is 0. The van der Waals surface area contributed by atoms with Gasteiger partial charge in [0.25, 0.3) is 15.5 Å². The molecule has 0 aromatic carbocycles. The molecule has 0 amide bonds. The topological polar surface area (TPSA) is 47.0 Å². The number of hydrogen-bond acceptors (Lipinski definition) is 3. The third kappa shape index (κ3) is 2.40. The van der Waals surface area contributed by atoms with Crippen LogP contribution in [0.4, 0.5) is 8.78 Å². The molecular formula is C6H3BrClF2NO2S. The molecule has 1 rings (SSSR count). The fraction of sp³-hybridized carbons (Fsp3) is 0.167. The molecule has 0 aliphatic rings. The van der Waals surface area contributed by atoms with E-state index in [2.05, 4.69) is 20.9 Å². The third-order valence-electron chi connectivity index (χ3n) is 1.37. The van der Waals surface area contributed by atoms with E-state index in [4.69, 9.17) is 10.7 Å². The van der Waals surface area contributed by atoms with Crippen LogP contribution in [0.25, 0.3) is 0 Å². The third-order valence-corrected chi connectivity index (χ3v) is 3.85. The first-order valence-corrected chi connectivity index (χ1v) is 6.30. The summed E-state index contributed by atoms with van der Waals surface area (Å²) in [6.45, 7) is 0. The lowest BCUT2D eigenvalue weighted by Gasteiger charge is -2.05. The van der Waals surface area contributed by atoms with Gasteiger partial charge in [0.1, 0.15) is 4.90 Å². The number of rotatable bonds is 2. The Hall–Kier alpha value is -0.270. The number of hydrogen-bond donors (Lipinski definition) is 0. The Morgan fingerprint density at radius 1 is 1.43 bits per heavy atom. The maximum absolute atomic E-state index is 12.3. The number of alkyl halides is 2. The van der Waals surface area contributed by atoms with Crippen LogP contribution in [0.2, 0.25) is 0 Å². The van der Waals surface area contributed by atoms with Gasteiger partial charge in [-0.3, -0.25) is 4.98 Å². The van der Waals surface area contributed by atoms with E-state index < -0.39 is 25.9 Å². The van der Waals surface area contributed by atoms with Gasteiger partial charge < -0.3 is 0 Å². The van der Waals surface area contributed by atoms with E-state index in [0.29, 0.717) is 0 Å². The van der Waals surface area contributed by atoms with Crippen LogP contribution in [0.3, 0.4) is 0 Å². The van der Waals surface area contributed by atoms with E-state index in [9.17, 15) is 17.2 Å². The molecule has 1 aromatic heterocycles. The van der Waals surface area contributed by atoms with E-state index in [1.807, 2.05) is 0 Å². The first-order chi connectivity index (χ1) is 6.34. The van der Waals surface area contributed by atoms with Gasteiger partial charge in [-0.25, -0.2) is 17.2 Å². The molecule has 0 bridgehead atoms.